The Labute approximate surface area is 105 Å². The van der Waals surface area contributed by atoms with E-state index in [1.807, 2.05) is 6.92 Å². The van der Waals surface area contributed by atoms with Crippen molar-refractivity contribution in [1.82, 2.24) is 0 Å². The van der Waals surface area contributed by atoms with Crippen molar-refractivity contribution in [1.29, 1.82) is 0 Å². The lowest BCUT2D eigenvalue weighted by Gasteiger charge is -2.31. The average Bonchev–Trinajstić information content (AvgIpc) is 2.38. The van der Waals surface area contributed by atoms with Crippen LogP contribution in [0.3, 0.4) is 0 Å². The van der Waals surface area contributed by atoms with Crippen LogP contribution in [0.5, 0.6) is 0 Å². The highest BCUT2D eigenvalue weighted by Crippen LogP contribution is 2.26. The highest BCUT2D eigenvalue weighted by molar-refractivity contribution is 5.58. The van der Waals surface area contributed by atoms with E-state index in [0.717, 1.165) is 5.56 Å². The fourth-order valence-corrected chi connectivity index (χ4v) is 1.58. The molecule has 0 aliphatic heterocycles. The van der Waals surface area contributed by atoms with Gasteiger partial charge in [-0.2, -0.15) is 0 Å². The van der Waals surface area contributed by atoms with Crippen LogP contribution in [0, 0.1) is 17.0 Å². The Bertz CT molecular complexity index is 422. The maximum absolute atomic E-state index is 10.7. The Hall–Kier alpha value is -1.66. The lowest BCUT2D eigenvalue weighted by atomic mass is 9.97. The molecule has 0 bridgehead atoms. The van der Waals surface area contributed by atoms with Crippen LogP contribution in [0.25, 0.3) is 0 Å². The predicted octanol–water partition coefficient (Wildman–Crippen LogP) is 1.45. The summed E-state index contributed by atoms with van der Waals surface area (Å²) in [5.41, 5.74) is 0.485. The summed E-state index contributed by atoms with van der Waals surface area (Å²) in [4.78, 5) is 10.2. The topological polar surface area (TPSA) is 95.6 Å². The van der Waals surface area contributed by atoms with Gasteiger partial charge in [-0.25, -0.2) is 0 Å². The van der Waals surface area contributed by atoms with Gasteiger partial charge >= 0.3 is 0 Å². The van der Waals surface area contributed by atoms with Crippen molar-refractivity contribution >= 4 is 11.4 Å². The number of nitro groups is 1. The van der Waals surface area contributed by atoms with Crippen LogP contribution in [0.15, 0.2) is 18.2 Å². The van der Waals surface area contributed by atoms with Crippen molar-refractivity contribution in [2.75, 3.05) is 18.5 Å². The van der Waals surface area contributed by atoms with Gasteiger partial charge in [0.15, 0.2) is 0 Å². The first-order chi connectivity index (χ1) is 8.48. The highest BCUT2D eigenvalue weighted by Gasteiger charge is 2.27. The summed E-state index contributed by atoms with van der Waals surface area (Å²) < 4.78 is 0. The minimum absolute atomic E-state index is 0.0241. The number of aliphatic hydroxyl groups excluding tert-OH is 2. The molecule has 0 spiro atoms. The molecule has 6 heteroatoms. The van der Waals surface area contributed by atoms with E-state index in [2.05, 4.69) is 5.32 Å². The Kier molecular flexibility index (Phi) is 4.63. The number of rotatable bonds is 6. The quantitative estimate of drug-likeness (QED) is 0.527. The third kappa shape index (κ3) is 2.96. The van der Waals surface area contributed by atoms with Gasteiger partial charge in [0.1, 0.15) is 0 Å². The van der Waals surface area contributed by atoms with Crippen molar-refractivity contribution in [3.8, 4) is 0 Å². The van der Waals surface area contributed by atoms with Gasteiger partial charge in [-0.15, -0.1) is 0 Å². The molecule has 3 N–H and O–H groups in total. The van der Waals surface area contributed by atoms with E-state index in [4.69, 9.17) is 0 Å². The van der Waals surface area contributed by atoms with Crippen LogP contribution in [0.4, 0.5) is 11.4 Å². The SMILES string of the molecule is CCC(CO)(CO)Nc1cc([N+](=O)[O-])ccc1C. The minimum Gasteiger partial charge on any atom is -0.394 e. The first-order valence-electron chi connectivity index (χ1n) is 5.73. The number of aliphatic hydroxyl groups is 2. The Morgan fingerprint density at radius 1 is 1.39 bits per heavy atom. The van der Waals surface area contributed by atoms with Crippen molar-refractivity contribution in [2.24, 2.45) is 0 Å². The molecule has 0 heterocycles. The fraction of sp³-hybridized carbons (Fsp3) is 0.500. The van der Waals surface area contributed by atoms with Crippen LogP contribution >= 0.6 is 0 Å². The summed E-state index contributed by atoms with van der Waals surface area (Å²) in [5, 5.41) is 32.4. The molecule has 0 saturated carbocycles. The monoisotopic (exact) mass is 254 g/mol. The summed E-state index contributed by atoms with van der Waals surface area (Å²) in [6.45, 7) is 3.14. The molecular weight excluding hydrogens is 236 g/mol. The van der Waals surface area contributed by atoms with Gasteiger partial charge in [-0.3, -0.25) is 10.1 Å². The molecule has 0 saturated heterocycles. The lowest BCUT2D eigenvalue weighted by Crippen LogP contribution is -2.45. The second kappa shape index (κ2) is 5.79. The number of hydrogen-bond donors (Lipinski definition) is 3. The number of nitrogens with zero attached hydrogens (tertiary/aromatic N) is 1. The minimum atomic E-state index is -0.861. The van der Waals surface area contributed by atoms with Gasteiger partial charge in [-0.1, -0.05) is 13.0 Å². The number of benzene rings is 1. The van der Waals surface area contributed by atoms with Gasteiger partial charge in [0.25, 0.3) is 5.69 Å². The summed E-state index contributed by atoms with van der Waals surface area (Å²) >= 11 is 0. The smallest absolute Gasteiger partial charge is 0.271 e. The molecule has 1 aromatic rings. The van der Waals surface area contributed by atoms with E-state index < -0.39 is 10.5 Å². The number of anilines is 1. The molecule has 0 radical (unpaired) electrons. The predicted molar refractivity (Wildman–Crippen MR) is 68.6 cm³/mol. The third-order valence-electron chi connectivity index (χ3n) is 3.11. The summed E-state index contributed by atoms with van der Waals surface area (Å²) in [7, 11) is 0. The summed E-state index contributed by atoms with van der Waals surface area (Å²) in [5.74, 6) is 0. The molecule has 0 unspecified atom stereocenters. The second-order valence-electron chi connectivity index (χ2n) is 4.33. The Morgan fingerprint density at radius 3 is 2.44 bits per heavy atom. The van der Waals surface area contributed by atoms with Crippen LogP contribution in [0.2, 0.25) is 0 Å². The molecule has 100 valence electrons. The van der Waals surface area contributed by atoms with Gasteiger partial charge in [0, 0.05) is 17.8 Å². The summed E-state index contributed by atoms with van der Waals surface area (Å²) in [6, 6.07) is 4.47. The second-order valence-corrected chi connectivity index (χ2v) is 4.33. The zero-order chi connectivity index (χ0) is 13.8. The first kappa shape index (κ1) is 14.4. The molecule has 0 amide bonds. The molecule has 6 nitrogen and oxygen atoms in total. The normalized spacial score (nSPS) is 11.3. The van der Waals surface area contributed by atoms with Crippen molar-refractivity contribution < 1.29 is 15.1 Å². The average molecular weight is 254 g/mol. The van der Waals surface area contributed by atoms with Gasteiger partial charge in [0.05, 0.1) is 23.7 Å². The van der Waals surface area contributed by atoms with E-state index in [0.29, 0.717) is 12.1 Å². The standard InChI is InChI=1S/C12H18N2O4/c1-3-12(7-15,8-16)13-11-6-10(14(17)18)5-4-9(11)2/h4-6,13,15-16H,3,7-8H2,1-2H3. The maximum atomic E-state index is 10.7. The number of non-ortho nitro benzene ring substituents is 1. The molecule has 0 atom stereocenters. The Balaban J connectivity index is 3.09. The highest BCUT2D eigenvalue weighted by atomic mass is 16.6. The molecule has 0 aliphatic rings. The molecule has 18 heavy (non-hydrogen) atoms. The first-order valence-corrected chi connectivity index (χ1v) is 5.73. The van der Waals surface area contributed by atoms with Crippen LogP contribution in [0.1, 0.15) is 18.9 Å². The van der Waals surface area contributed by atoms with E-state index in [-0.39, 0.29) is 18.9 Å². The maximum Gasteiger partial charge on any atom is 0.271 e. The molecule has 1 rings (SSSR count). The zero-order valence-electron chi connectivity index (χ0n) is 10.5. The number of nitrogens with one attached hydrogen (secondary N) is 1. The van der Waals surface area contributed by atoms with E-state index in [9.17, 15) is 20.3 Å². The number of nitro benzene ring substituents is 1. The number of aryl methyl sites for hydroxylation is 1. The third-order valence-corrected chi connectivity index (χ3v) is 3.11. The fourth-order valence-electron chi connectivity index (χ4n) is 1.58. The van der Waals surface area contributed by atoms with Crippen molar-refractivity contribution in [2.45, 2.75) is 25.8 Å². The summed E-state index contributed by atoms with van der Waals surface area (Å²) in [6.07, 6.45) is 0.502. The van der Waals surface area contributed by atoms with E-state index in [1.165, 1.54) is 12.1 Å². The Morgan fingerprint density at radius 2 is 2.00 bits per heavy atom. The largest absolute Gasteiger partial charge is 0.394 e. The zero-order valence-corrected chi connectivity index (χ0v) is 10.5. The van der Waals surface area contributed by atoms with Gasteiger partial charge < -0.3 is 15.5 Å². The van der Waals surface area contributed by atoms with Gasteiger partial charge in [-0.05, 0) is 18.9 Å². The van der Waals surface area contributed by atoms with E-state index in [1.54, 1.807) is 13.0 Å². The molecule has 0 aliphatic carbocycles. The van der Waals surface area contributed by atoms with Crippen molar-refractivity contribution in [3.63, 3.8) is 0 Å². The molecular formula is C12H18N2O4. The van der Waals surface area contributed by atoms with Crippen LogP contribution in [-0.4, -0.2) is 33.9 Å². The number of hydrogen-bond acceptors (Lipinski definition) is 5. The molecule has 0 aromatic heterocycles. The van der Waals surface area contributed by atoms with E-state index >= 15 is 0 Å². The van der Waals surface area contributed by atoms with Crippen molar-refractivity contribution in [3.05, 3.63) is 33.9 Å². The molecule has 0 fully saturated rings. The molecule has 1 aromatic carbocycles. The lowest BCUT2D eigenvalue weighted by molar-refractivity contribution is -0.384. The van der Waals surface area contributed by atoms with Gasteiger partial charge in [0.2, 0.25) is 0 Å². The van der Waals surface area contributed by atoms with Crippen LogP contribution in [-0.2, 0) is 0 Å². The van der Waals surface area contributed by atoms with Crippen LogP contribution < -0.4 is 5.32 Å².